The molecule has 4 aromatic rings. The summed E-state index contributed by atoms with van der Waals surface area (Å²) in [4.78, 5) is 44.4. The smallest absolute Gasteiger partial charge is 0.330 e. The summed E-state index contributed by atoms with van der Waals surface area (Å²) in [5.74, 6) is -0.556. The zero-order chi connectivity index (χ0) is 23.8. The van der Waals surface area contributed by atoms with Crippen molar-refractivity contribution in [2.75, 3.05) is 11.5 Å². The van der Waals surface area contributed by atoms with Gasteiger partial charge in [0.05, 0.1) is 17.6 Å². The van der Waals surface area contributed by atoms with Crippen LogP contribution in [0.4, 0.5) is 5.82 Å². The quantitative estimate of drug-likeness (QED) is 0.313. The number of carbonyl (C=O) groups excluding carboxylic acids is 1. The highest BCUT2D eigenvalue weighted by atomic mass is 32.2. The van der Waals surface area contributed by atoms with Gasteiger partial charge in [-0.05, 0) is 31.9 Å². The van der Waals surface area contributed by atoms with Crippen LogP contribution in [0.25, 0.3) is 16.9 Å². The second-order valence-corrected chi connectivity index (χ2v) is 9.24. The van der Waals surface area contributed by atoms with Gasteiger partial charge < -0.3 is 5.73 Å². The van der Waals surface area contributed by atoms with Crippen LogP contribution in [0.2, 0.25) is 0 Å². The second kappa shape index (κ2) is 8.83. The lowest BCUT2D eigenvalue weighted by Gasteiger charge is -2.13. The van der Waals surface area contributed by atoms with E-state index in [4.69, 9.17) is 5.73 Å². The minimum Gasteiger partial charge on any atom is -0.384 e. The van der Waals surface area contributed by atoms with Crippen LogP contribution in [0.1, 0.15) is 34.8 Å². The number of H-pyrrole nitrogens is 1. The third-order valence-electron chi connectivity index (χ3n) is 5.80. The number of para-hydroxylation sites is 1. The van der Waals surface area contributed by atoms with E-state index in [-0.39, 0.29) is 23.2 Å². The first-order valence-corrected chi connectivity index (χ1v) is 11.9. The summed E-state index contributed by atoms with van der Waals surface area (Å²) in [7, 11) is 0. The van der Waals surface area contributed by atoms with E-state index in [1.54, 1.807) is 6.20 Å². The molecule has 0 saturated heterocycles. The van der Waals surface area contributed by atoms with Crippen LogP contribution in [-0.2, 0) is 0 Å². The predicted octanol–water partition coefficient (Wildman–Crippen LogP) is 3.59. The van der Waals surface area contributed by atoms with Gasteiger partial charge in [-0.1, -0.05) is 59.8 Å². The fourth-order valence-electron chi connectivity index (χ4n) is 3.92. The van der Waals surface area contributed by atoms with Crippen LogP contribution >= 0.6 is 11.8 Å². The molecule has 1 fully saturated rings. The molecule has 2 aromatic carbocycles. The average Bonchev–Trinajstić information content (AvgIpc) is 3.56. The number of aryl methyl sites for hydroxylation is 1. The first-order chi connectivity index (χ1) is 16.4. The number of hydrogen-bond acceptors (Lipinski definition) is 6. The van der Waals surface area contributed by atoms with Crippen molar-refractivity contribution in [2.45, 2.75) is 31.0 Å². The average molecular weight is 474 g/mol. The number of benzene rings is 2. The lowest BCUT2D eigenvalue weighted by molar-refractivity contribution is 0.102. The number of rotatable bonds is 7. The van der Waals surface area contributed by atoms with E-state index < -0.39 is 17.0 Å². The molecule has 1 aliphatic carbocycles. The van der Waals surface area contributed by atoms with Gasteiger partial charge in [-0.25, -0.2) is 9.78 Å². The van der Waals surface area contributed by atoms with E-state index in [2.05, 4.69) is 9.97 Å². The molecule has 5 rings (SSSR count). The Morgan fingerprint density at radius 1 is 1.12 bits per heavy atom. The maximum atomic E-state index is 13.1. The zero-order valence-corrected chi connectivity index (χ0v) is 19.3. The molecular weight excluding hydrogens is 450 g/mol. The maximum absolute atomic E-state index is 13.1. The molecule has 0 aliphatic heterocycles. The van der Waals surface area contributed by atoms with E-state index in [1.807, 2.05) is 66.1 Å². The van der Waals surface area contributed by atoms with Gasteiger partial charge in [0.2, 0.25) is 0 Å². The number of hydrogen-bond donors (Lipinski definition) is 2. The topological polar surface area (TPSA) is 116 Å². The Kier molecular flexibility index (Phi) is 5.70. The number of aromatic nitrogens is 4. The van der Waals surface area contributed by atoms with Crippen molar-refractivity contribution in [3.8, 4) is 16.9 Å². The number of anilines is 1. The predicted molar refractivity (Wildman–Crippen MR) is 133 cm³/mol. The molecule has 0 amide bonds. The Labute approximate surface area is 199 Å². The molecule has 0 unspecified atom stereocenters. The molecule has 0 spiro atoms. The standard InChI is InChI=1S/C25H23N5O3S/c1-15-7-9-16(10-8-15)19-13-27-25(29(19)17-5-3-2-4-6-17)34-14-20(31)21-22(26)30(18-11-12-18)24(33)28-23(21)32/h2-10,13,18H,11-12,14,26H2,1H3,(H,28,32,33). The minimum atomic E-state index is -0.753. The summed E-state index contributed by atoms with van der Waals surface area (Å²) in [6.07, 6.45) is 3.38. The molecule has 0 radical (unpaired) electrons. The monoisotopic (exact) mass is 473 g/mol. The van der Waals surface area contributed by atoms with Crippen molar-refractivity contribution in [2.24, 2.45) is 0 Å². The van der Waals surface area contributed by atoms with Gasteiger partial charge in [0.25, 0.3) is 5.56 Å². The summed E-state index contributed by atoms with van der Waals surface area (Å²) in [6, 6.07) is 17.8. The summed E-state index contributed by atoms with van der Waals surface area (Å²) in [5.41, 5.74) is 8.56. The number of aromatic amines is 1. The van der Waals surface area contributed by atoms with Crippen LogP contribution in [0.3, 0.4) is 0 Å². The van der Waals surface area contributed by atoms with Crippen molar-refractivity contribution in [1.29, 1.82) is 0 Å². The summed E-state index contributed by atoms with van der Waals surface area (Å²) >= 11 is 1.22. The summed E-state index contributed by atoms with van der Waals surface area (Å²) in [5, 5.41) is 0.612. The van der Waals surface area contributed by atoms with Crippen molar-refractivity contribution in [3.63, 3.8) is 0 Å². The Morgan fingerprint density at radius 2 is 1.82 bits per heavy atom. The third-order valence-corrected chi connectivity index (χ3v) is 6.75. The fourth-order valence-corrected chi connectivity index (χ4v) is 4.79. The number of nitrogens with one attached hydrogen (secondary N) is 1. The van der Waals surface area contributed by atoms with E-state index in [9.17, 15) is 14.4 Å². The highest BCUT2D eigenvalue weighted by molar-refractivity contribution is 7.99. The molecule has 3 N–H and O–H groups in total. The number of nitrogen functional groups attached to an aromatic ring is 1. The van der Waals surface area contributed by atoms with Crippen molar-refractivity contribution < 1.29 is 4.79 Å². The van der Waals surface area contributed by atoms with E-state index in [0.29, 0.717) is 5.16 Å². The molecule has 1 aliphatic rings. The minimum absolute atomic E-state index is 0.0483. The molecular formula is C25H23N5O3S. The van der Waals surface area contributed by atoms with Gasteiger partial charge in [0, 0.05) is 17.3 Å². The van der Waals surface area contributed by atoms with Gasteiger partial charge >= 0.3 is 5.69 Å². The molecule has 2 aromatic heterocycles. The van der Waals surface area contributed by atoms with Crippen LogP contribution in [0.15, 0.2) is 75.5 Å². The Balaban J connectivity index is 1.48. The first-order valence-electron chi connectivity index (χ1n) is 10.9. The van der Waals surface area contributed by atoms with Gasteiger partial charge in [-0.15, -0.1) is 0 Å². The number of Topliss-reactive ketones (excluding diaryl/α,β-unsaturated/α-hetero) is 1. The molecule has 9 heteroatoms. The number of thioether (sulfide) groups is 1. The van der Waals surface area contributed by atoms with Gasteiger partial charge in [0.1, 0.15) is 11.4 Å². The van der Waals surface area contributed by atoms with Crippen molar-refractivity contribution >= 4 is 23.4 Å². The zero-order valence-electron chi connectivity index (χ0n) is 18.5. The lowest BCUT2D eigenvalue weighted by atomic mass is 10.1. The number of nitrogens with two attached hydrogens (primary N) is 1. The molecule has 172 valence electrons. The van der Waals surface area contributed by atoms with Gasteiger partial charge in [-0.3, -0.25) is 23.7 Å². The number of imidazole rings is 1. The highest BCUT2D eigenvalue weighted by Gasteiger charge is 2.30. The Hall–Kier alpha value is -3.85. The third kappa shape index (κ3) is 4.10. The molecule has 2 heterocycles. The van der Waals surface area contributed by atoms with E-state index in [1.165, 1.54) is 16.3 Å². The van der Waals surface area contributed by atoms with Crippen LogP contribution in [0, 0.1) is 6.92 Å². The van der Waals surface area contributed by atoms with Crippen LogP contribution in [-0.4, -0.2) is 30.6 Å². The fraction of sp³-hybridized carbons (Fsp3) is 0.200. The maximum Gasteiger partial charge on any atom is 0.330 e. The number of nitrogens with zero attached hydrogens (tertiary/aromatic N) is 3. The van der Waals surface area contributed by atoms with Gasteiger partial charge in [-0.2, -0.15) is 0 Å². The molecule has 34 heavy (non-hydrogen) atoms. The van der Waals surface area contributed by atoms with Crippen LogP contribution < -0.4 is 17.0 Å². The number of ketones is 1. The van der Waals surface area contributed by atoms with E-state index in [0.717, 1.165) is 35.3 Å². The largest absolute Gasteiger partial charge is 0.384 e. The van der Waals surface area contributed by atoms with Crippen molar-refractivity contribution in [1.82, 2.24) is 19.1 Å². The Morgan fingerprint density at radius 3 is 2.50 bits per heavy atom. The molecule has 0 atom stereocenters. The lowest BCUT2D eigenvalue weighted by Crippen LogP contribution is -2.36. The normalized spacial score (nSPS) is 13.2. The van der Waals surface area contributed by atoms with Crippen molar-refractivity contribution in [3.05, 3.63) is 92.8 Å². The summed E-state index contributed by atoms with van der Waals surface area (Å²) in [6.45, 7) is 2.03. The summed E-state index contributed by atoms with van der Waals surface area (Å²) < 4.78 is 3.31. The SMILES string of the molecule is Cc1ccc(-c2cnc(SCC(=O)c3c(N)n(C4CC4)c(=O)[nH]c3=O)n2-c2ccccc2)cc1. The highest BCUT2D eigenvalue weighted by Crippen LogP contribution is 2.35. The first kappa shape index (κ1) is 22.0. The number of carbonyl (C=O) groups is 1. The molecule has 1 saturated carbocycles. The van der Waals surface area contributed by atoms with Crippen LogP contribution in [0.5, 0.6) is 0 Å². The molecule has 8 nitrogen and oxygen atoms in total. The second-order valence-electron chi connectivity index (χ2n) is 8.30. The van der Waals surface area contributed by atoms with Gasteiger partial charge in [0.15, 0.2) is 10.9 Å². The Bertz CT molecular complexity index is 1480. The van der Waals surface area contributed by atoms with E-state index >= 15 is 0 Å². The molecule has 0 bridgehead atoms.